The zero-order chi connectivity index (χ0) is 13.0. The van der Waals surface area contributed by atoms with Crippen LogP contribution in [0.4, 0.5) is 8.78 Å². The second-order valence-corrected chi connectivity index (χ2v) is 5.32. The van der Waals surface area contributed by atoms with E-state index in [1.165, 1.54) is 23.5 Å². The first kappa shape index (κ1) is 13.4. The van der Waals surface area contributed by atoms with E-state index >= 15 is 0 Å². The second-order valence-electron chi connectivity index (χ2n) is 3.79. The molecule has 6 heteroatoms. The minimum absolute atomic E-state index is 0.338. The summed E-state index contributed by atoms with van der Waals surface area (Å²) in [5.41, 5.74) is 0.427. The van der Waals surface area contributed by atoms with Gasteiger partial charge in [0.25, 0.3) is 0 Å². The highest BCUT2D eigenvalue weighted by Gasteiger charge is 2.09. The van der Waals surface area contributed by atoms with Gasteiger partial charge in [-0.3, -0.25) is 0 Å². The molecule has 18 heavy (non-hydrogen) atoms. The van der Waals surface area contributed by atoms with Crippen LogP contribution in [0.2, 0.25) is 0 Å². The van der Waals surface area contributed by atoms with E-state index in [-0.39, 0.29) is 0 Å². The fourth-order valence-electron chi connectivity index (χ4n) is 1.51. The molecule has 2 aromatic rings. The maximum absolute atomic E-state index is 13.4. The lowest BCUT2D eigenvalue weighted by molar-refractivity contribution is 0.574. The predicted molar refractivity (Wildman–Crippen MR) is 68.1 cm³/mol. The first-order chi connectivity index (χ1) is 8.69. The zero-order valence-electron chi connectivity index (χ0n) is 9.50. The Kier molecular flexibility index (Phi) is 4.60. The molecular weight excluding hydrogens is 278 g/mol. The largest absolute Gasteiger partial charge is 0.207 e. The number of benzene rings is 1. The molecule has 0 saturated carbocycles. The molecule has 0 atom stereocenters. The average molecular weight is 289 g/mol. The highest BCUT2D eigenvalue weighted by molar-refractivity contribution is 7.11. The van der Waals surface area contributed by atoms with Gasteiger partial charge in [-0.25, -0.2) is 8.78 Å². The van der Waals surface area contributed by atoms with E-state index in [0.717, 1.165) is 28.9 Å². The second kappa shape index (κ2) is 6.20. The number of nitrogens with zero attached hydrogens (tertiary/aromatic N) is 2. The van der Waals surface area contributed by atoms with Crippen LogP contribution < -0.4 is 0 Å². The van der Waals surface area contributed by atoms with Crippen LogP contribution in [0.3, 0.4) is 0 Å². The molecule has 0 spiro atoms. The van der Waals surface area contributed by atoms with Gasteiger partial charge in [0.15, 0.2) is 0 Å². The van der Waals surface area contributed by atoms with Crippen LogP contribution in [-0.4, -0.2) is 16.1 Å². The minimum Gasteiger partial charge on any atom is -0.207 e. The molecule has 1 heterocycles. The van der Waals surface area contributed by atoms with E-state index in [1.54, 1.807) is 0 Å². The maximum Gasteiger partial charge on any atom is 0.129 e. The fourth-order valence-corrected chi connectivity index (χ4v) is 2.55. The number of alkyl halides is 1. The Balaban J connectivity index is 2.06. The van der Waals surface area contributed by atoms with Crippen LogP contribution in [-0.2, 0) is 12.8 Å². The number of hydrogen-bond acceptors (Lipinski definition) is 3. The van der Waals surface area contributed by atoms with Gasteiger partial charge in [-0.2, -0.15) is 0 Å². The number of halogens is 3. The summed E-state index contributed by atoms with van der Waals surface area (Å²) in [6, 6.07) is 3.56. The van der Waals surface area contributed by atoms with Gasteiger partial charge in [0.1, 0.15) is 21.6 Å². The van der Waals surface area contributed by atoms with Crippen molar-refractivity contribution in [3.8, 4) is 0 Å². The Labute approximate surface area is 113 Å². The van der Waals surface area contributed by atoms with E-state index in [2.05, 4.69) is 10.2 Å². The predicted octanol–water partition coefficient (Wildman–Crippen LogP) is 3.58. The third kappa shape index (κ3) is 3.46. The van der Waals surface area contributed by atoms with Crippen molar-refractivity contribution >= 4 is 22.9 Å². The van der Waals surface area contributed by atoms with Crippen LogP contribution in [0.5, 0.6) is 0 Å². The molecule has 0 amide bonds. The van der Waals surface area contributed by atoms with Gasteiger partial charge < -0.3 is 0 Å². The van der Waals surface area contributed by atoms with Crippen molar-refractivity contribution in [2.24, 2.45) is 0 Å². The average Bonchev–Trinajstić information content (AvgIpc) is 2.78. The van der Waals surface area contributed by atoms with E-state index in [9.17, 15) is 8.78 Å². The first-order valence-corrected chi connectivity index (χ1v) is 6.85. The summed E-state index contributed by atoms with van der Waals surface area (Å²) in [6.07, 6.45) is 1.97. The van der Waals surface area contributed by atoms with Gasteiger partial charge in [-0.15, -0.1) is 33.1 Å². The van der Waals surface area contributed by atoms with Crippen LogP contribution in [0.25, 0.3) is 0 Å². The van der Waals surface area contributed by atoms with Crippen molar-refractivity contribution in [1.82, 2.24) is 10.2 Å². The van der Waals surface area contributed by atoms with Crippen molar-refractivity contribution in [3.63, 3.8) is 0 Å². The molecule has 0 fully saturated rings. The van der Waals surface area contributed by atoms with Gasteiger partial charge in [0, 0.05) is 24.8 Å². The normalized spacial score (nSPS) is 10.8. The van der Waals surface area contributed by atoms with Gasteiger partial charge in [0.05, 0.1) is 0 Å². The SMILES string of the molecule is Fc1ccc(Cc2nnc(CCCCl)s2)c(F)c1. The third-order valence-corrected chi connectivity index (χ3v) is 3.64. The van der Waals surface area contributed by atoms with Gasteiger partial charge >= 0.3 is 0 Å². The third-order valence-electron chi connectivity index (χ3n) is 2.39. The van der Waals surface area contributed by atoms with E-state index in [0.29, 0.717) is 17.9 Å². The van der Waals surface area contributed by atoms with E-state index in [1.807, 2.05) is 0 Å². The number of aryl methyl sites for hydroxylation is 1. The molecule has 1 aromatic carbocycles. The maximum atomic E-state index is 13.4. The summed E-state index contributed by atoms with van der Waals surface area (Å²) in [7, 11) is 0. The van der Waals surface area contributed by atoms with Crippen LogP contribution in [0.1, 0.15) is 22.0 Å². The van der Waals surface area contributed by atoms with Crippen molar-refractivity contribution in [2.75, 3.05) is 5.88 Å². The molecule has 0 saturated heterocycles. The summed E-state index contributed by atoms with van der Waals surface area (Å²) in [5.74, 6) is -0.537. The van der Waals surface area contributed by atoms with Crippen molar-refractivity contribution in [2.45, 2.75) is 19.3 Å². The smallest absolute Gasteiger partial charge is 0.129 e. The molecule has 1 aromatic heterocycles. The summed E-state index contributed by atoms with van der Waals surface area (Å²) < 4.78 is 26.2. The van der Waals surface area contributed by atoms with Crippen molar-refractivity contribution < 1.29 is 8.78 Å². The first-order valence-electron chi connectivity index (χ1n) is 5.50. The minimum atomic E-state index is -0.573. The number of hydrogen-bond donors (Lipinski definition) is 0. The Bertz CT molecular complexity index is 531. The molecule has 0 aliphatic carbocycles. The zero-order valence-corrected chi connectivity index (χ0v) is 11.1. The quantitative estimate of drug-likeness (QED) is 0.786. The van der Waals surface area contributed by atoms with Gasteiger partial charge in [-0.1, -0.05) is 6.07 Å². The van der Waals surface area contributed by atoms with E-state index in [4.69, 9.17) is 11.6 Å². The molecule has 0 bridgehead atoms. The van der Waals surface area contributed by atoms with Crippen LogP contribution in [0, 0.1) is 11.6 Å². The van der Waals surface area contributed by atoms with Gasteiger partial charge in [-0.05, 0) is 18.1 Å². The molecule has 0 radical (unpaired) electrons. The lowest BCUT2D eigenvalue weighted by Crippen LogP contribution is -1.93. The summed E-state index contributed by atoms with van der Waals surface area (Å²) in [6.45, 7) is 0. The molecule has 0 aliphatic heterocycles. The van der Waals surface area contributed by atoms with Crippen LogP contribution in [0.15, 0.2) is 18.2 Å². The Morgan fingerprint density at radius 3 is 2.67 bits per heavy atom. The van der Waals surface area contributed by atoms with Gasteiger partial charge in [0.2, 0.25) is 0 Å². The lowest BCUT2D eigenvalue weighted by atomic mass is 10.1. The highest BCUT2D eigenvalue weighted by Crippen LogP contribution is 2.18. The Hall–Kier alpha value is -1.07. The number of aromatic nitrogens is 2. The van der Waals surface area contributed by atoms with Crippen molar-refractivity contribution in [3.05, 3.63) is 45.4 Å². The van der Waals surface area contributed by atoms with Crippen molar-refractivity contribution in [1.29, 1.82) is 0 Å². The fraction of sp³-hybridized carbons (Fsp3) is 0.333. The summed E-state index contributed by atoms with van der Waals surface area (Å²) in [4.78, 5) is 0. The standard InChI is InChI=1S/C12H11ClF2N2S/c13-5-1-2-11-16-17-12(18-11)6-8-3-4-9(14)7-10(8)15/h3-4,7H,1-2,5-6H2. The molecule has 0 aliphatic rings. The summed E-state index contributed by atoms with van der Waals surface area (Å²) in [5, 5.41) is 9.63. The Morgan fingerprint density at radius 2 is 1.94 bits per heavy atom. The number of rotatable bonds is 5. The Morgan fingerprint density at radius 1 is 1.17 bits per heavy atom. The molecule has 0 N–H and O–H groups in total. The highest BCUT2D eigenvalue weighted by atomic mass is 35.5. The van der Waals surface area contributed by atoms with Crippen LogP contribution >= 0.6 is 22.9 Å². The van der Waals surface area contributed by atoms with E-state index < -0.39 is 11.6 Å². The molecular formula is C12H11ClF2N2S. The topological polar surface area (TPSA) is 25.8 Å². The lowest BCUT2D eigenvalue weighted by Gasteiger charge is -1.99. The molecule has 0 unspecified atom stereocenters. The summed E-state index contributed by atoms with van der Waals surface area (Å²) >= 11 is 7.03. The monoisotopic (exact) mass is 288 g/mol. The molecule has 2 rings (SSSR count). The molecule has 2 nitrogen and oxygen atoms in total. The molecule has 96 valence electrons.